The first-order valence-corrected chi connectivity index (χ1v) is 11.8. The number of carboxylic acid groups (broad SMARTS) is 1. The van der Waals surface area contributed by atoms with Crippen molar-refractivity contribution in [2.75, 3.05) is 41.3 Å². The number of piperazine rings is 1. The monoisotopic (exact) mass is 475 g/mol. The summed E-state index contributed by atoms with van der Waals surface area (Å²) in [4.78, 5) is 28.7. The molecule has 1 saturated carbocycles. The van der Waals surface area contributed by atoms with Crippen LogP contribution in [0.3, 0.4) is 0 Å². The van der Waals surface area contributed by atoms with Gasteiger partial charge in [0.1, 0.15) is 0 Å². The second-order valence-electron chi connectivity index (χ2n) is 8.42. The van der Waals surface area contributed by atoms with Gasteiger partial charge in [0.25, 0.3) is 0 Å². The third kappa shape index (κ3) is 4.97. The third-order valence-corrected chi connectivity index (χ3v) is 7.28. The molecule has 0 bridgehead atoms. The lowest BCUT2D eigenvalue weighted by Gasteiger charge is -2.37. The van der Waals surface area contributed by atoms with Crippen LogP contribution in [0.1, 0.15) is 25.7 Å². The molecule has 1 aliphatic heterocycles. The Morgan fingerprint density at radius 2 is 1.50 bits per heavy atom. The Morgan fingerprint density at radius 3 is 2.16 bits per heavy atom. The number of nitrogens with one attached hydrogen (secondary N) is 1. The molecule has 1 aliphatic carbocycles. The number of carbonyl (C=O) groups is 2. The summed E-state index contributed by atoms with van der Waals surface area (Å²) in [6.45, 7) is 3.35. The summed E-state index contributed by atoms with van der Waals surface area (Å²) in [6, 6.07) is 13.4. The number of carboxylic acids is 1. The summed E-state index contributed by atoms with van der Waals surface area (Å²) in [6.07, 6.45) is 2.96. The first-order valence-electron chi connectivity index (χ1n) is 11.0. The maximum atomic E-state index is 12.7. The summed E-state index contributed by atoms with van der Waals surface area (Å²) in [7, 11) is 0. The van der Waals surface area contributed by atoms with Crippen LogP contribution in [0, 0.1) is 11.8 Å². The zero-order valence-corrected chi connectivity index (χ0v) is 19.3. The summed E-state index contributed by atoms with van der Waals surface area (Å²) in [5.74, 6) is -2.13. The number of nitrogens with zero attached hydrogens (tertiary/aromatic N) is 2. The van der Waals surface area contributed by atoms with E-state index in [1.54, 1.807) is 6.07 Å². The van der Waals surface area contributed by atoms with Gasteiger partial charge in [0.2, 0.25) is 5.91 Å². The Morgan fingerprint density at radius 1 is 0.875 bits per heavy atom. The zero-order chi connectivity index (χ0) is 22.7. The largest absolute Gasteiger partial charge is 0.481 e. The fraction of sp³-hybridized carbons (Fsp3) is 0.417. The summed E-state index contributed by atoms with van der Waals surface area (Å²) in [5, 5.41) is 13.5. The molecule has 8 heteroatoms. The van der Waals surface area contributed by atoms with E-state index in [1.165, 1.54) is 0 Å². The second kappa shape index (κ2) is 10.0. The smallest absolute Gasteiger partial charge is 0.307 e. The van der Waals surface area contributed by atoms with Gasteiger partial charge in [-0.25, -0.2) is 0 Å². The number of aliphatic carboxylic acids is 1. The van der Waals surface area contributed by atoms with Gasteiger partial charge in [-0.15, -0.1) is 0 Å². The lowest BCUT2D eigenvalue weighted by Crippen LogP contribution is -2.46. The minimum atomic E-state index is -0.876. The maximum Gasteiger partial charge on any atom is 0.307 e. The van der Waals surface area contributed by atoms with Crippen molar-refractivity contribution >= 4 is 52.1 Å². The number of carbonyl (C=O) groups excluding carboxylic acids is 1. The van der Waals surface area contributed by atoms with Crippen LogP contribution in [-0.2, 0) is 9.59 Å². The molecule has 2 atom stereocenters. The van der Waals surface area contributed by atoms with Gasteiger partial charge in [-0.2, -0.15) is 0 Å². The molecule has 0 radical (unpaired) electrons. The van der Waals surface area contributed by atoms with Crippen molar-refractivity contribution in [3.05, 3.63) is 52.5 Å². The molecule has 2 aliphatic rings. The molecule has 1 amide bonds. The van der Waals surface area contributed by atoms with Crippen LogP contribution in [0.5, 0.6) is 0 Å². The topological polar surface area (TPSA) is 72.9 Å². The minimum Gasteiger partial charge on any atom is -0.481 e. The highest BCUT2D eigenvalue weighted by molar-refractivity contribution is 6.43. The Balaban J connectivity index is 1.34. The molecule has 32 heavy (non-hydrogen) atoms. The van der Waals surface area contributed by atoms with Gasteiger partial charge < -0.3 is 20.2 Å². The quantitative estimate of drug-likeness (QED) is 0.625. The predicted octanol–water partition coefficient (Wildman–Crippen LogP) is 5.15. The molecule has 170 valence electrons. The van der Waals surface area contributed by atoms with E-state index in [9.17, 15) is 14.7 Å². The number of anilines is 3. The number of hydrogen-bond donors (Lipinski definition) is 2. The fourth-order valence-corrected chi connectivity index (χ4v) is 5.09. The summed E-state index contributed by atoms with van der Waals surface area (Å²) < 4.78 is 0. The van der Waals surface area contributed by atoms with Crippen LogP contribution >= 0.6 is 23.2 Å². The highest BCUT2D eigenvalue weighted by Crippen LogP contribution is 2.34. The van der Waals surface area contributed by atoms with Crippen molar-refractivity contribution in [3.8, 4) is 0 Å². The molecule has 4 rings (SSSR count). The Hall–Kier alpha value is -2.44. The third-order valence-electron chi connectivity index (χ3n) is 6.47. The first kappa shape index (κ1) is 22.7. The van der Waals surface area contributed by atoms with E-state index in [-0.39, 0.29) is 5.91 Å². The number of benzene rings is 2. The Bertz CT molecular complexity index is 975. The molecule has 2 unspecified atom stereocenters. The molecule has 0 aromatic heterocycles. The predicted molar refractivity (Wildman–Crippen MR) is 129 cm³/mol. The SMILES string of the molecule is O=C(O)C1CCCCC1C(=O)Nc1ccc(N2CCN(c3cccc(Cl)c3Cl)CC2)cc1. The van der Waals surface area contributed by atoms with E-state index in [1.807, 2.05) is 36.4 Å². The van der Waals surface area contributed by atoms with E-state index in [0.29, 0.717) is 28.6 Å². The van der Waals surface area contributed by atoms with Gasteiger partial charge in [-0.05, 0) is 49.2 Å². The highest BCUT2D eigenvalue weighted by Gasteiger charge is 2.35. The van der Waals surface area contributed by atoms with Crippen LogP contribution in [0.25, 0.3) is 0 Å². The van der Waals surface area contributed by atoms with E-state index in [0.717, 1.165) is 50.4 Å². The van der Waals surface area contributed by atoms with E-state index < -0.39 is 17.8 Å². The van der Waals surface area contributed by atoms with Crippen molar-refractivity contribution in [1.82, 2.24) is 0 Å². The van der Waals surface area contributed by atoms with Crippen LogP contribution in [0.2, 0.25) is 10.0 Å². The van der Waals surface area contributed by atoms with Gasteiger partial charge >= 0.3 is 5.97 Å². The molecule has 2 fully saturated rings. The Labute approximate surface area is 198 Å². The standard InChI is InChI=1S/C24H27Cl2N3O3/c25-20-6-3-7-21(22(20)26)29-14-12-28(13-15-29)17-10-8-16(9-11-17)27-23(30)18-4-1-2-5-19(18)24(31)32/h3,6-11,18-19H,1-2,4-5,12-15H2,(H,27,30)(H,31,32). The van der Waals surface area contributed by atoms with E-state index in [2.05, 4.69) is 15.1 Å². The second-order valence-corrected chi connectivity index (χ2v) is 9.20. The molecule has 2 N–H and O–H groups in total. The molecular formula is C24H27Cl2N3O3. The number of amides is 1. The molecular weight excluding hydrogens is 449 g/mol. The number of rotatable bonds is 5. The summed E-state index contributed by atoms with van der Waals surface area (Å²) >= 11 is 12.5. The van der Waals surface area contributed by atoms with Crippen LogP contribution in [-0.4, -0.2) is 43.2 Å². The lowest BCUT2D eigenvalue weighted by molar-refractivity contribution is -0.147. The van der Waals surface area contributed by atoms with Crippen LogP contribution in [0.4, 0.5) is 17.1 Å². The molecule has 2 aromatic carbocycles. The average Bonchev–Trinajstić information content (AvgIpc) is 2.81. The van der Waals surface area contributed by atoms with Crippen molar-refractivity contribution in [1.29, 1.82) is 0 Å². The van der Waals surface area contributed by atoms with Crippen LogP contribution < -0.4 is 15.1 Å². The fourth-order valence-electron chi connectivity index (χ4n) is 4.67. The van der Waals surface area contributed by atoms with Gasteiger partial charge in [0.15, 0.2) is 0 Å². The lowest BCUT2D eigenvalue weighted by atomic mass is 9.78. The van der Waals surface area contributed by atoms with E-state index in [4.69, 9.17) is 23.2 Å². The van der Waals surface area contributed by atoms with Gasteiger partial charge in [-0.3, -0.25) is 9.59 Å². The molecule has 6 nitrogen and oxygen atoms in total. The van der Waals surface area contributed by atoms with Crippen LogP contribution in [0.15, 0.2) is 42.5 Å². The van der Waals surface area contributed by atoms with Crippen molar-refractivity contribution in [2.24, 2.45) is 11.8 Å². The summed E-state index contributed by atoms with van der Waals surface area (Å²) in [5.41, 5.74) is 2.73. The van der Waals surface area contributed by atoms with Gasteiger partial charge in [0, 0.05) is 37.6 Å². The minimum absolute atomic E-state index is 0.197. The zero-order valence-electron chi connectivity index (χ0n) is 17.8. The molecule has 2 aromatic rings. The van der Waals surface area contributed by atoms with Gasteiger partial charge in [-0.1, -0.05) is 42.1 Å². The number of halogens is 2. The highest BCUT2D eigenvalue weighted by atomic mass is 35.5. The maximum absolute atomic E-state index is 12.7. The Kier molecular flexibility index (Phi) is 7.11. The van der Waals surface area contributed by atoms with E-state index >= 15 is 0 Å². The number of hydrogen-bond acceptors (Lipinski definition) is 4. The van der Waals surface area contributed by atoms with Gasteiger partial charge in [0.05, 0.1) is 27.6 Å². The molecule has 0 spiro atoms. The van der Waals surface area contributed by atoms with Crippen molar-refractivity contribution in [2.45, 2.75) is 25.7 Å². The normalized spacial score (nSPS) is 21.3. The average molecular weight is 476 g/mol. The molecule has 1 saturated heterocycles. The van der Waals surface area contributed by atoms with Crippen molar-refractivity contribution < 1.29 is 14.7 Å². The molecule has 1 heterocycles. The van der Waals surface area contributed by atoms with Crippen molar-refractivity contribution in [3.63, 3.8) is 0 Å². The first-order chi connectivity index (χ1) is 15.4.